The van der Waals surface area contributed by atoms with Gasteiger partial charge in [-0.15, -0.1) is 0 Å². The highest BCUT2D eigenvalue weighted by Gasteiger charge is 2.48. The van der Waals surface area contributed by atoms with Gasteiger partial charge in [-0.25, -0.2) is 9.97 Å². The molecule has 1 aromatic heterocycles. The van der Waals surface area contributed by atoms with Crippen LogP contribution in [0.4, 0.5) is 0 Å². The number of aromatic nitrogens is 2. The molecule has 0 aliphatic heterocycles. The number of nitriles is 1. The van der Waals surface area contributed by atoms with E-state index in [1.165, 1.54) is 0 Å². The van der Waals surface area contributed by atoms with Gasteiger partial charge in [0.1, 0.15) is 11.2 Å². The number of nitrogens with zero attached hydrogens (tertiary/aromatic N) is 3. The summed E-state index contributed by atoms with van der Waals surface area (Å²) in [6, 6.07) is 12.3. The Morgan fingerprint density at radius 2 is 2.05 bits per heavy atom. The Morgan fingerprint density at radius 1 is 1.26 bits per heavy atom. The molecule has 94 valence electrons. The Morgan fingerprint density at radius 3 is 2.68 bits per heavy atom. The van der Waals surface area contributed by atoms with Crippen LogP contribution in [0, 0.1) is 18.3 Å². The van der Waals surface area contributed by atoms with Crippen LogP contribution >= 0.6 is 15.9 Å². The molecule has 2 aromatic rings. The van der Waals surface area contributed by atoms with Gasteiger partial charge in [0.15, 0.2) is 0 Å². The summed E-state index contributed by atoms with van der Waals surface area (Å²) in [6.07, 6.45) is 1.73. The molecule has 0 N–H and O–H groups in total. The predicted octanol–water partition coefficient (Wildman–Crippen LogP) is 3.77. The van der Waals surface area contributed by atoms with Crippen molar-refractivity contribution in [2.75, 3.05) is 0 Å². The molecule has 1 aliphatic carbocycles. The molecule has 1 saturated carbocycles. The molecule has 1 aliphatic rings. The van der Waals surface area contributed by atoms with E-state index < -0.39 is 5.41 Å². The lowest BCUT2D eigenvalue weighted by molar-refractivity contribution is 0.789. The first kappa shape index (κ1) is 12.3. The molecule has 0 radical (unpaired) electrons. The second-order valence-corrected chi connectivity index (χ2v) is 5.84. The van der Waals surface area contributed by atoms with E-state index in [1.54, 1.807) is 0 Å². The fourth-order valence-corrected chi connectivity index (χ4v) is 2.49. The van der Waals surface area contributed by atoms with Gasteiger partial charge in [0.2, 0.25) is 0 Å². The van der Waals surface area contributed by atoms with Crippen LogP contribution in [0.3, 0.4) is 0 Å². The monoisotopic (exact) mass is 313 g/mol. The van der Waals surface area contributed by atoms with Crippen LogP contribution in [0.25, 0.3) is 11.3 Å². The number of hydrogen-bond acceptors (Lipinski definition) is 3. The van der Waals surface area contributed by atoms with Gasteiger partial charge in [0.05, 0.1) is 11.8 Å². The van der Waals surface area contributed by atoms with Crippen molar-refractivity contribution >= 4 is 15.9 Å². The van der Waals surface area contributed by atoms with E-state index in [2.05, 4.69) is 32.0 Å². The van der Waals surface area contributed by atoms with Crippen LogP contribution in [0.5, 0.6) is 0 Å². The van der Waals surface area contributed by atoms with Crippen LogP contribution in [0.1, 0.15) is 24.4 Å². The number of hydrogen-bond donors (Lipinski definition) is 0. The number of benzene rings is 1. The molecule has 19 heavy (non-hydrogen) atoms. The highest BCUT2D eigenvalue weighted by molar-refractivity contribution is 9.10. The standard InChI is InChI=1S/C15H12BrN3/c1-10-7-13(11-3-2-4-12(16)8-11)19-14(18-10)15(9-17)5-6-15/h2-4,7-8H,5-6H2,1H3. The Balaban J connectivity index is 2.11. The summed E-state index contributed by atoms with van der Waals surface area (Å²) in [5.41, 5.74) is 2.38. The summed E-state index contributed by atoms with van der Waals surface area (Å²) in [5.74, 6) is 0.671. The molecule has 0 saturated heterocycles. The normalized spacial score (nSPS) is 15.8. The minimum atomic E-state index is -0.438. The highest BCUT2D eigenvalue weighted by Crippen LogP contribution is 2.46. The van der Waals surface area contributed by atoms with Crippen molar-refractivity contribution in [1.29, 1.82) is 5.26 Å². The zero-order valence-corrected chi connectivity index (χ0v) is 12.1. The van der Waals surface area contributed by atoms with E-state index in [1.807, 2.05) is 37.3 Å². The summed E-state index contributed by atoms with van der Waals surface area (Å²) >= 11 is 3.47. The van der Waals surface area contributed by atoms with Gasteiger partial charge < -0.3 is 0 Å². The lowest BCUT2D eigenvalue weighted by Gasteiger charge is -2.09. The van der Waals surface area contributed by atoms with E-state index in [-0.39, 0.29) is 0 Å². The van der Waals surface area contributed by atoms with Crippen molar-refractivity contribution in [3.8, 4) is 17.3 Å². The van der Waals surface area contributed by atoms with Gasteiger partial charge in [-0.1, -0.05) is 28.1 Å². The van der Waals surface area contributed by atoms with E-state index in [9.17, 15) is 5.26 Å². The van der Waals surface area contributed by atoms with E-state index in [4.69, 9.17) is 0 Å². The SMILES string of the molecule is Cc1cc(-c2cccc(Br)c2)nc(C2(C#N)CC2)n1. The number of halogens is 1. The van der Waals surface area contributed by atoms with Gasteiger partial charge in [-0.05, 0) is 38.0 Å². The maximum atomic E-state index is 9.27. The molecule has 0 amide bonds. The Bertz CT molecular complexity index is 684. The van der Waals surface area contributed by atoms with Crippen molar-refractivity contribution in [3.05, 3.63) is 46.3 Å². The summed E-state index contributed by atoms with van der Waals surface area (Å²) in [7, 11) is 0. The van der Waals surface area contributed by atoms with Crippen LogP contribution in [-0.4, -0.2) is 9.97 Å². The van der Waals surface area contributed by atoms with Gasteiger partial charge in [0, 0.05) is 15.7 Å². The fraction of sp³-hybridized carbons (Fsp3) is 0.267. The maximum Gasteiger partial charge on any atom is 0.149 e. The third-order valence-corrected chi connectivity index (χ3v) is 3.86. The second-order valence-electron chi connectivity index (χ2n) is 4.92. The molecule has 0 unspecified atom stereocenters. The molecule has 1 heterocycles. The second kappa shape index (κ2) is 4.43. The minimum Gasteiger partial charge on any atom is -0.236 e. The predicted molar refractivity (Wildman–Crippen MR) is 76.4 cm³/mol. The van der Waals surface area contributed by atoms with Crippen molar-refractivity contribution in [3.63, 3.8) is 0 Å². The topological polar surface area (TPSA) is 49.6 Å². The molecule has 1 fully saturated rings. The first-order valence-corrected chi connectivity index (χ1v) is 6.96. The summed E-state index contributed by atoms with van der Waals surface area (Å²) in [4.78, 5) is 9.04. The van der Waals surface area contributed by atoms with E-state index in [0.29, 0.717) is 5.82 Å². The third kappa shape index (κ3) is 2.26. The smallest absolute Gasteiger partial charge is 0.149 e. The first-order chi connectivity index (χ1) is 9.13. The Labute approximate surface area is 120 Å². The fourth-order valence-electron chi connectivity index (χ4n) is 2.09. The van der Waals surface area contributed by atoms with Crippen LogP contribution in [-0.2, 0) is 5.41 Å². The quantitative estimate of drug-likeness (QED) is 0.848. The third-order valence-electron chi connectivity index (χ3n) is 3.37. The highest BCUT2D eigenvalue weighted by atomic mass is 79.9. The van der Waals surface area contributed by atoms with Crippen molar-refractivity contribution in [2.45, 2.75) is 25.2 Å². The molecule has 0 bridgehead atoms. The van der Waals surface area contributed by atoms with Gasteiger partial charge in [-0.2, -0.15) is 5.26 Å². The average molecular weight is 314 g/mol. The molecule has 0 spiro atoms. The van der Waals surface area contributed by atoms with Gasteiger partial charge in [0.25, 0.3) is 0 Å². The average Bonchev–Trinajstić information content (AvgIpc) is 3.19. The molecule has 4 heteroatoms. The van der Waals surface area contributed by atoms with Gasteiger partial charge in [-0.3, -0.25) is 0 Å². The number of rotatable bonds is 2. The van der Waals surface area contributed by atoms with Crippen molar-refractivity contribution in [2.24, 2.45) is 0 Å². The minimum absolute atomic E-state index is 0.438. The maximum absolute atomic E-state index is 9.27. The van der Waals surface area contributed by atoms with Crippen LogP contribution in [0.15, 0.2) is 34.8 Å². The summed E-state index contributed by atoms with van der Waals surface area (Å²) in [5, 5.41) is 9.27. The summed E-state index contributed by atoms with van der Waals surface area (Å²) < 4.78 is 1.02. The Hall–Kier alpha value is -1.73. The lowest BCUT2D eigenvalue weighted by atomic mass is 10.1. The molecule has 0 atom stereocenters. The zero-order valence-electron chi connectivity index (χ0n) is 10.5. The zero-order chi connectivity index (χ0) is 13.5. The number of aryl methyl sites for hydroxylation is 1. The van der Waals surface area contributed by atoms with Crippen LogP contribution in [0.2, 0.25) is 0 Å². The molecule has 3 rings (SSSR count). The molecule has 3 nitrogen and oxygen atoms in total. The van der Waals surface area contributed by atoms with Crippen LogP contribution < -0.4 is 0 Å². The largest absolute Gasteiger partial charge is 0.236 e. The van der Waals surface area contributed by atoms with E-state index in [0.717, 1.165) is 34.3 Å². The Kier molecular flexibility index (Phi) is 2.87. The van der Waals surface area contributed by atoms with Gasteiger partial charge >= 0.3 is 0 Å². The molecular formula is C15H12BrN3. The lowest BCUT2D eigenvalue weighted by Crippen LogP contribution is -2.10. The van der Waals surface area contributed by atoms with E-state index >= 15 is 0 Å². The molecule has 1 aromatic carbocycles. The van der Waals surface area contributed by atoms with Crippen molar-refractivity contribution in [1.82, 2.24) is 9.97 Å². The first-order valence-electron chi connectivity index (χ1n) is 6.16. The van der Waals surface area contributed by atoms with Crippen molar-refractivity contribution < 1.29 is 0 Å². The summed E-state index contributed by atoms with van der Waals surface area (Å²) in [6.45, 7) is 1.94. The molecular weight excluding hydrogens is 302 g/mol.